The quantitative estimate of drug-likeness (QED) is 0.697. The molecule has 0 bridgehead atoms. The minimum Gasteiger partial charge on any atom is -0.465 e. The third-order valence-corrected chi connectivity index (χ3v) is 2.94. The Morgan fingerprint density at radius 3 is 3.00 bits per heavy atom. The summed E-state index contributed by atoms with van der Waals surface area (Å²) in [6, 6.07) is 0.218. The van der Waals surface area contributed by atoms with Crippen LogP contribution in [-0.2, 0) is 9.53 Å². The lowest BCUT2D eigenvalue weighted by molar-refractivity contribution is -0.144. The van der Waals surface area contributed by atoms with Gasteiger partial charge >= 0.3 is 5.97 Å². The summed E-state index contributed by atoms with van der Waals surface area (Å²) in [5, 5.41) is 0. The molecule has 0 radical (unpaired) electrons. The highest BCUT2D eigenvalue weighted by Gasteiger charge is 2.24. The molecule has 0 saturated carbocycles. The fourth-order valence-corrected chi connectivity index (χ4v) is 2.05. The second-order valence-electron chi connectivity index (χ2n) is 4.30. The molecule has 4 heteroatoms. The van der Waals surface area contributed by atoms with Crippen LogP contribution in [0.15, 0.2) is 0 Å². The topological polar surface area (TPSA) is 55.6 Å². The van der Waals surface area contributed by atoms with Crippen molar-refractivity contribution in [3.05, 3.63) is 0 Å². The normalized spacial score (nSPS) is 24.9. The summed E-state index contributed by atoms with van der Waals surface area (Å²) < 4.78 is 4.93. The monoisotopic (exact) mass is 214 g/mol. The highest BCUT2D eigenvalue weighted by Crippen LogP contribution is 2.18. The highest BCUT2D eigenvalue weighted by atomic mass is 16.5. The average molecular weight is 214 g/mol. The molecule has 1 saturated heterocycles. The van der Waals surface area contributed by atoms with Crippen molar-refractivity contribution < 1.29 is 9.53 Å². The molecule has 0 aromatic carbocycles. The first-order chi connectivity index (χ1) is 7.13. The molecule has 0 aliphatic carbocycles. The second kappa shape index (κ2) is 6.08. The number of hydrogen-bond donors (Lipinski definition) is 1. The molecule has 0 aromatic rings. The van der Waals surface area contributed by atoms with Gasteiger partial charge in [0.25, 0.3) is 0 Å². The molecule has 15 heavy (non-hydrogen) atoms. The lowest BCUT2D eigenvalue weighted by Gasteiger charge is -2.33. The van der Waals surface area contributed by atoms with Crippen molar-refractivity contribution in [3.63, 3.8) is 0 Å². The molecule has 1 rings (SSSR count). The van der Waals surface area contributed by atoms with E-state index in [1.165, 1.54) is 6.42 Å². The van der Waals surface area contributed by atoms with Crippen molar-refractivity contribution in [1.82, 2.24) is 4.90 Å². The highest BCUT2D eigenvalue weighted by molar-refractivity contribution is 5.71. The first-order valence-corrected chi connectivity index (χ1v) is 5.77. The molecule has 1 heterocycles. The van der Waals surface area contributed by atoms with Gasteiger partial charge in [-0.05, 0) is 39.2 Å². The van der Waals surface area contributed by atoms with Crippen LogP contribution in [0.1, 0.15) is 26.7 Å². The van der Waals surface area contributed by atoms with Gasteiger partial charge in [0.2, 0.25) is 0 Å². The lowest BCUT2D eigenvalue weighted by atomic mass is 9.92. The predicted molar refractivity (Wildman–Crippen MR) is 59.4 cm³/mol. The Labute approximate surface area is 91.8 Å². The Morgan fingerprint density at radius 2 is 2.40 bits per heavy atom. The third kappa shape index (κ3) is 4.18. The van der Waals surface area contributed by atoms with Crippen LogP contribution >= 0.6 is 0 Å². The molecule has 1 fully saturated rings. The van der Waals surface area contributed by atoms with Gasteiger partial charge in [0, 0.05) is 12.6 Å². The zero-order valence-electron chi connectivity index (χ0n) is 9.74. The molecule has 2 N–H and O–H groups in total. The number of hydrogen-bond acceptors (Lipinski definition) is 4. The van der Waals surface area contributed by atoms with Gasteiger partial charge < -0.3 is 10.5 Å². The molecule has 1 aliphatic rings. The van der Waals surface area contributed by atoms with Crippen LogP contribution < -0.4 is 5.73 Å². The van der Waals surface area contributed by atoms with Gasteiger partial charge in [-0.2, -0.15) is 0 Å². The van der Waals surface area contributed by atoms with E-state index in [9.17, 15) is 4.79 Å². The molecule has 1 aliphatic heterocycles. The Hall–Kier alpha value is -0.610. The number of nitrogens with two attached hydrogens (primary N) is 1. The van der Waals surface area contributed by atoms with E-state index in [2.05, 4.69) is 4.90 Å². The molecule has 0 spiro atoms. The van der Waals surface area contributed by atoms with Crippen molar-refractivity contribution >= 4 is 5.97 Å². The van der Waals surface area contributed by atoms with Gasteiger partial charge in [0.05, 0.1) is 13.2 Å². The van der Waals surface area contributed by atoms with E-state index in [1.807, 2.05) is 13.8 Å². The number of esters is 1. The third-order valence-electron chi connectivity index (χ3n) is 2.94. The molecule has 0 amide bonds. The Bertz CT molecular complexity index is 207. The summed E-state index contributed by atoms with van der Waals surface area (Å²) in [5.41, 5.74) is 5.88. The van der Waals surface area contributed by atoms with E-state index in [1.54, 1.807) is 0 Å². The molecule has 2 atom stereocenters. The maximum atomic E-state index is 11.3. The van der Waals surface area contributed by atoms with E-state index < -0.39 is 0 Å². The summed E-state index contributed by atoms with van der Waals surface area (Å²) in [4.78, 5) is 13.4. The Balaban J connectivity index is 2.33. The van der Waals surface area contributed by atoms with E-state index in [-0.39, 0.29) is 12.0 Å². The van der Waals surface area contributed by atoms with Crippen molar-refractivity contribution in [2.75, 3.05) is 26.2 Å². The van der Waals surface area contributed by atoms with Crippen LogP contribution in [0, 0.1) is 5.92 Å². The second-order valence-corrected chi connectivity index (χ2v) is 4.30. The number of ether oxygens (including phenoxy) is 1. The summed E-state index contributed by atoms with van der Waals surface area (Å²) in [6.45, 7) is 6.66. The smallest absolute Gasteiger partial charge is 0.320 e. The number of rotatable bonds is 4. The zero-order valence-corrected chi connectivity index (χ0v) is 9.74. The van der Waals surface area contributed by atoms with Crippen LogP contribution in [-0.4, -0.2) is 43.2 Å². The van der Waals surface area contributed by atoms with Crippen molar-refractivity contribution in [3.8, 4) is 0 Å². The predicted octanol–water partition coefficient (Wildman–Crippen LogP) is 0.609. The van der Waals surface area contributed by atoms with E-state index >= 15 is 0 Å². The van der Waals surface area contributed by atoms with Gasteiger partial charge in [-0.1, -0.05) is 0 Å². The Morgan fingerprint density at radius 1 is 1.67 bits per heavy atom. The zero-order chi connectivity index (χ0) is 11.3. The fraction of sp³-hybridized carbons (Fsp3) is 0.909. The van der Waals surface area contributed by atoms with E-state index in [0.717, 1.165) is 19.5 Å². The number of carbonyl (C=O) groups is 1. The van der Waals surface area contributed by atoms with Crippen LogP contribution in [0.4, 0.5) is 0 Å². The maximum absolute atomic E-state index is 11.3. The number of carbonyl (C=O) groups excluding carboxylic acids is 1. The summed E-state index contributed by atoms with van der Waals surface area (Å²) >= 11 is 0. The van der Waals surface area contributed by atoms with Gasteiger partial charge in [-0.3, -0.25) is 9.69 Å². The number of likely N-dealkylation sites (tertiary alicyclic amines) is 1. The van der Waals surface area contributed by atoms with Gasteiger partial charge in [-0.25, -0.2) is 0 Å². The fourth-order valence-electron chi connectivity index (χ4n) is 2.05. The molecular formula is C11H22N2O2. The summed E-state index contributed by atoms with van der Waals surface area (Å²) in [7, 11) is 0. The first kappa shape index (κ1) is 12.5. The number of nitrogens with zero attached hydrogens (tertiary/aromatic N) is 1. The standard InChI is InChI=1S/C11H22N2O2/c1-3-15-11(14)8-13-6-4-5-10(7-13)9(2)12/h9-10H,3-8,12H2,1-2H3. The maximum Gasteiger partial charge on any atom is 0.320 e. The van der Waals surface area contributed by atoms with Crippen LogP contribution in [0.5, 0.6) is 0 Å². The molecule has 2 unspecified atom stereocenters. The number of piperidine rings is 1. The van der Waals surface area contributed by atoms with Crippen LogP contribution in [0.2, 0.25) is 0 Å². The van der Waals surface area contributed by atoms with Crippen molar-refractivity contribution in [1.29, 1.82) is 0 Å². The van der Waals surface area contributed by atoms with Gasteiger partial charge in [-0.15, -0.1) is 0 Å². The Kier molecular flexibility index (Phi) is 5.05. The summed E-state index contributed by atoms with van der Waals surface area (Å²) in [6.07, 6.45) is 2.31. The summed E-state index contributed by atoms with van der Waals surface area (Å²) in [5.74, 6) is 0.399. The van der Waals surface area contributed by atoms with Crippen LogP contribution in [0.25, 0.3) is 0 Å². The minimum absolute atomic E-state index is 0.122. The molecule has 0 aromatic heterocycles. The molecule has 4 nitrogen and oxygen atoms in total. The lowest BCUT2D eigenvalue weighted by Crippen LogP contribution is -2.44. The van der Waals surface area contributed by atoms with Gasteiger partial charge in [0.1, 0.15) is 0 Å². The molecular weight excluding hydrogens is 192 g/mol. The largest absolute Gasteiger partial charge is 0.465 e. The minimum atomic E-state index is -0.122. The van der Waals surface area contributed by atoms with Gasteiger partial charge in [0.15, 0.2) is 0 Å². The van der Waals surface area contributed by atoms with E-state index in [4.69, 9.17) is 10.5 Å². The van der Waals surface area contributed by atoms with Crippen molar-refractivity contribution in [2.45, 2.75) is 32.7 Å². The SMILES string of the molecule is CCOC(=O)CN1CCCC(C(C)N)C1. The van der Waals surface area contributed by atoms with E-state index in [0.29, 0.717) is 19.1 Å². The average Bonchev–Trinajstić information content (AvgIpc) is 2.18. The van der Waals surface area contributed by atoms with Crippen LogP contribution in [0.3, 0.4) is 0 Å². The first-order valence-electron chi connectivity index (χ1n) is 5.77. The van der Waals surface area contributed by atoms with Crippen molar-refractivity contribution in [2.24, 2.45) is 11.7 Å². The molecule has 88 valence electrons.